The largest absolute Gasteiger partial charge is 0.467 e. The van der Waals surface area contributed by atoms with Crippen LogP contribution in [0.4, 0.5) is 4.79 Å². The van der Waals surface area contributed by atoms with E-state index in [0.29, 0.717) is 13.0 Å². The molecule has 0 aliphatic carbocycles. The smallest absolute Gasteiger partial charge is 0.410 e. The summed E-state index contributed by atoms with van der Waals surface area (Å²) in [7, 11) is 1.25. The van der Waals surface area contributed by atoms with Crippen LogP contribution in [0.1, 0.15) is 49.8 Å². The number of likely N-dealkylation sites (tertiary alicyclic amines) is 1. The number of nitrogens with one attached hydrogen (secondary N) is 3. The van der Waals surface area contributed by atoms with Crippen LogP contribution in [0.3, 0.4) is 0 Å². The fourth-order valence-corrected chi connectivity index (χ4v) is 5.79. The van der Waals surface area contributed by atoms with E-state index in [0.717, 1.165) is 29.5 Å². The van der Waals surface area contributed by atoms with Gasteiger partial charge in [-0.2, -0.15) is 0 Å². The Morgan fingerprint density at radius 3 is 1.82 bits per heavy atom. The van der Waals surface area contributed by atoms with Crippen LogP contribution in [0, 0.1) is 5.92 Å². The van der Waals surface area contributed by atoms with Crippen LogP contribution < -0.4 is 16.0 Å². The van der Waals surface area contributed by atoms with Gasteiger partial charge in [-0.3, -0.25) is 19.3 Å². The van der Waals surface area contributed by atoms with Crippen LogP contribution in [0.25, 0.3) is 0 Å². The summed E-state index contributed by atoms with van der Waals surface area (Å²) >= 11 is 0. The number of esters is 1. The molecular weight excluding hydrogens is 624 g/mol. The highest BCUT2D eigenvalue weighted by Gasteiger charge is 2.37. The van der Waals surface area contributed by atoms with Gasteiger partial charge in [-0.15, -0.1) is 0 Å². The van der Waals surface area contributed by atoms with Crippen LogP contribution in [0.5, 0.6) is 0 Å². The van der Waals surface area contributed by atoms with Crippen molar-refractivity contribution < 1.29 is 33.4 Å². The molecule has 4 rings (SSSR count). The average Bonchev–Trinajstić information content (AvgIpc) is 3.12. The molecule has 1 saturated heterocycles. The third-order valence-electron chi connectivity index (χ3n) is 8.49. The number of methoxy groups -OCH3 is 1. The van der Waals surface area contributed by atoms with E-state index in [9.17, 15) is 24.0 Å². The quantitative estimate of drug-likeness (QED) is 0.221. The van der Waals surface area contributed by atoms with E-state index in [2.05, 4.69) is 16.0 Å². The van der Waals surface area contributed by atoms with E-state index < -0.39 is 54.0 Å². The maximum atomic E-state index is 13.9. The summed E-state index contributed by atoms with van der Waals surface area (Å²) in [5.41, 5.74) is 2.45. The Bertz CT molecular complexity index is 1540. The lowest BCUT2D eigenvalue weighted by atomic mass is 9.98. The zero-order chi connectivity index (χ0) is 35.2. The molecule has 0 unspecified atom stereocenters. The zero-order valence-electron chi connectivity index (χ0n) is 28.3. The lowest BCUT2D eigenvalue weighted by molar-refractivity contribution is -0.145. The predicted octanol–water partition coefficient (Wildman–Crippen LogP) is 3.95. The Kier molecular flexibility index (Phi) is 13.7. The molecule has 0 saturated carbocycles. The van der Waals surface area contributed by atoms with Gasteiger partial charge in [0.25, 0.3) is 0 Å². The molecule has 3 aromatic carbocycles. The summed E-state index contributed by atoms with van der Waals surface area (Å²) < 4.78 is 10.5. The predicted molar refractivity (Wildman–Crippen MR) is 184 cm³/mol. The first kappa shape index (κ1) is 36.6. The van der Waals surface area contributed by atoms with Crippen LogP contribution >= 0.6 is 0 Å². The second-order valence-electron chi connectivity index (χ2n) is 12.5. The number of rotatable bonds is 14. The molecule has 11 heteroatoms. The molecule has 3 N–H and O–H groups in total. The lowest BCUT2D eigenvalue weighted by Crippen LogP contribution is -2.60. The first-order valence-corrected chi connectivity index (χ1v) is 16.7. The molecule has 1 fully saturated rings. The van der Waals surface area contributed by atoms with E-state index in [-0.39, 0.29) is 25.4 Å². The first-order valence-electron chi connectivity index (χ1n) is 16.7. The molecule has 4 atom stereocenters. The molecule has 1 aliphatic heterocycles. The topological polar surface area (TPSA) is 143 Å². The fourth-order valence-electron chi connectivity index (χ4n) is 5.79. The minimum Gasteiger partial charge on any atom is -0.467 e. The normalized spacial score (nSPS) is 16.1. The highest BCUT2D eigenvalue weighted by Crippen LogP contribution is 2.20. The van der Waals surface area contributed by atoms with Gasteiger partial charge in [-0.1, -0.05) is 105 Å². The molecule has 260 valence electrons. The van der Waals surface area contributed by atoms with Crippen LogP contribution in [-0.4, -0.2) is 72.5 Å². The molecule has 1 aliphatic rings. The van der Waals surface area contributed by atoms with Gasteiger partial charge in [0.15, 0.2) is 0 Å². The summed E-state index contributed by atoms with van der Waals surface area (Å²) in [6.45, 7) is 3.98. The van der Waals surface area contributed by atoms with Crippen molar-refractivity contribution in [1.82, 2.24) is 20.9 Å². The molecule has 0 spiro atoms. The monoisotopic (exact) mass is 670 g/mol. The van der Waals surface area contributed by atoms with Gasteiger partial charge >= 0.3 is 12.1 Å². The minimum atomic E-state index is -1.06. The SMILES string of the molecule is COC(=O)[C@H](Cc1ccccc1)NC(=O)[C@@H](NC(=O)[C@H](Cc1ccccc1)NC(=O)[C@@H]1CCCCN1C(=O)OCc1ccccc1)C(C)C. The first-order chi connectivity index (χ1) is 23.7. The second-order valence-corrected chi connectivity index (χ2v) is 12.5. The Labute approximate surface area is 287 Å². The molecule has 0 bridgehead atoms. The molecular formula is C38H46N4O7. The standard InChI is InChI=1S/C38H46N4O7/c1-26(2)33(36(45)40-31(37(46)48-3)24-28-17-9-5-10-18-28)41-34(43)30(23-27-15-7-4-8-16-27)39-35(44)32-21-13-14-22-42(32)38(47)49-25-29-19-11-6-12-20-29/h4-12,15-20,26,30-33H,13-14,21-25H2,1-3H3,(H,39,44)(H,40,45)(H,41,43)/t30-,31-,32-,33-/m0/s1. The van der Waals surface area contributed by atoms with Crippen molar-refractivity contribution in [3.05, 3.63) is 108 Å². The number of amides is 4. The Morgan fingerprint density at radius 2 is 1.27 bits per heavy atom. The summed E-state index contributed by atoms with van der Waals surface area (Å²) in [6, 6.07) is 23.8. The van der Waals surface area contributed by atoms with Crippen LogP contribution in [0.2, 0.25) is 0 Å². The molecule has 49 heavy (non-hydrogen) atoms. The van der Waals surface area contributed by atoms with Gasteiger partial charge in [0, 0.05) is 19.4 Å². The summed E-state index contributed by atoms with van der Waals surface area (Å²) in [6.07, 6.45) is 1.63. The van der Waals surface area contributed by atoms with Crippen LogP contribution in [0.15, 0.2) is 91.0 Å². The number of benzene rings is 3. The van der Waals surface area contributed by atoms with Gasteiger partial charge in [0.2, 0.25) is 17.7 Å². The second kappa shape index (κ2) is 18.4. The van der Waals surface area contributed by atoms with Gasteiger partial charge in [-0.25, -0.2) is 9.59 Å². The van der Waals surface area contributed by atoms with E-state index in [1.54, 1.807) is 13.8 Å². The summed E-state index contributed by atoms with van der Waals surface area (Å²) in [5, 5.41) is 8.44. The summed E-state index contributed by atoms with van der Waals surface area (Å²) in [4.78, 5) is 68.5. The third kappa shape index (κ3) is 10.9. The van der Waals surface area contributed by atoms with Gasteiger partial charge < -0.3 is 25.4 Å². The van der Waals surface area contributed by atoms with Crippen molar-refractivity contribution in [2.75, 3.05) is 13.7 Å². The molecule has 4 amide bonds. The molecule has 3 aromatic rings. The van der Waals surface area contributed by atoms with E-state index in [4.69, 9.17) is 9.47 Å². The molecule has 1 heterocycles. The maximum Gasteiger partial charge on any atom is 0.410 e. The van der Waals surface area contributed by atoms with Crippen molar-refractivity contribution in [2.45, 2.75) is 76.7 Å². The Hall–Kier alpha value is -5.19. The highest BCUT2D eigenvalue weighted by atomic mass is 16.6. The minimum absolute atomic E-state index is 0.0738. The average molecular weight is 671 g/mol. The third-order valence-corrected chi connectivity index (χ3v) is 8.49. The number of carbonyl (C=O) groups is 5. The number of carbonyl (C=O) groups excluding carboxylic acids is 5. The molecule has 0 radical (unpaired) electrons. The Balaban J connectivity index is 1.48. The van der Waals surface area contributed by atoms with Crippen molar-refractivity contribution in [1.29, 1.82) is 0 Å². The maximum absolute atomic E-state index is 13.9. The van der Waals surface area contributed by atoms with Gasteiger partial charge in [0.05, 0.1) is 7.11 Å². The molecule has 11 nitrogen and oxygen atoms in total. The number of nitrogens with zero attached hydrogens (tertiary/aromatic N) is 1. The summed E-state index contributed by atoms with van der Waals surface area (Å²) in [5.74, 6) is -2.58. The van der Waals surface area contributed by atoms with Gasteiger partial charge in [0.1, 0.15) is 30.8 Å². The zero-order valence-corrected chi connectivity index (χ0v) is 28.3. The van der Waals surface area contributed by atoms with Gasteiger partial charge in [-0.05, 0) is 41.9 Å². The number of piperidine rings is 1. The van der Waals surface area contributed by atoms with E-state index in [1.807, 2.05) is 91.0 Å². The molecule has 0 aromatic heterocycles. The van der Waals surface area contributed by atoms with Crippen molar-refractivity contribution >= 4 is 29.8 Å². The van der Waals surface area contributed by atoms with Crippen molar-refractivity contribution in [3.63, 3.8) is 0 Å². The fraction of sp³-hybridized carbons (Fsp3) is 0.395. The van der Waals surface area contributed by atoms with E-state index in [1.165, 1.54) is 12.0 Å². The van der Waals surface area contributed by atoms with E-state index >= 15 is 0 Å². The number of hydrogen-bond acceptors (Lipinski definition) is 7. The highest BCUT2D eigenvalue weighted by molar-refractivity contribution is 5.95. The van der Waals surface area contributed by atoms with Crippen molar-refractivity contribution in [3.8, 4) is 0 Å². The number of ether oxygens (including phenoxy) is 2. The van der Waals surface area contributed by atoms with Crippen LogP contribution in [-0.2, 0) is 48.1 Å². The Morgan fingerprint density at radius 1 is 0.714 bits per heavy atom. The lowest BCUT2D eigenvalue weighted by Gasteiger charge is -2.35. The van der Waals surface area contributed by atoms with Crippen molar-refractivity contribution in [2.24, 2.45) is 5.92 Å². The number of hydrogen-bond donors (Lipinski definition) is 3.